The topological polar surface area (TPSA) is 113 Å². The number of aliphatic hydroxyl groups excluding tert-OH is 1. The number of unbranched alkanes of at least 4 members (excludes halogenated alkanes) is 1. The van der Waals surface area contributed by atoms with E-state index in [4.69, 9.17) is 9.47 Å². The summed E-state index contributed by atoms with van der Waals surface area (Å²) in [6.07, 6.45) is 5.29. The molecular formula is C25H35NaO7. The molecule has 4 aliphatic rings. The van der Waals surface area contributed by atoms with Gasteiger partial charge in [0.1, 0.15) is 0 Å². The molecule has 1 N–H and O–H groups in total. The molecule has 4 aliphatic carbocycles. The molecule has 0 spiro atoms. The first-order valence-corrected chi connectivity index (χ1v) is 12.1. The normalized spacial score (nSPS) is 41.6. The van der Waals surface area contributed by atoms with Crippen molar-refractivity contribution < 1.29 is 63.6 Å². The molecule has 0 heterocycles. The number of carbonyl (C=O) groups is 3. The van der Waals surface area contributed by atoms with E-state index < -0.39 is 29.2 Å². The van der Waals surface area contributed by atoms with Crippen LogP contribution in [-0.2, 0) is 19.1 Å². The first-order valence-electron chi connectivity index (χ1n) is 12.1. The largest absolute Gasteiger partial charge is 1.00 e. The molecular weight excluding hydrogens is 435 g/mol. The summed E-state index contributed by atoms with van der Waals surface area (Å²) in [4.78, 5) is 36.9. The number of carboxylic acid groups (broad SMARTS) is 1. The summed E-state index contributed by atoms with van der Waals surface area (Å²) in [5, 5.41) is 23.9. The predicted octanol–water partition coefficient (Wildman–Crippen LogP) is -0.0649. The first kappa shape index (κ1) is 26.7. The van der Waals surface area contributed by atoms with E-state index in [9.17, 15) is 24.6 Å². The molecule has 0 radical (unpaired) electrons. The van der Waals surface area contributed by atoms with Crippen molar-refractivity contribution in [3.63, 3.8) is 0 Å². The monoisotopic (exact) mass is 470 g/mol. The Hall–Kier alpha value is -0.890. The maximum absolute atomic E-state index is 12.5. The maximum Gasteiger partial charge on any atom is 1.00 e. The van der Waals surface area contributed by atoms with Crippen LogP contribution in [0.5, 0.6) is 0 Å². The van der Waals surface area contributed by atoms with Crippen LogP contribution in [0.1, 0.15) is 78.6 Å². The molecule has 7 nitrogen and oxygen atoms in total. The summed E-state index contributed by atoms with van der Waals surface area (Å²) in [7, 11) is 0. The van der Waals surface area contributed by atoms with Gasteiger partial charge >= 0.3 is 35.7 Å². The molecule has 0 aromatic rings. The number of fused-ring (bicyclic) bond motifs is 5. The van der Waals surface area contributed by atoms with Gasteiger partial charge in [-0.3, -0.25) is 4.79 Å². The Morgan fingerprint density at radius 1 is 1.21 bits per heavy atom. The Balaban J connectivity index is 0.00000306. The minimum atomic E-state index is -1.81. The van der Waals surface area contributed by atoms with Gasteiger partial charge in [-0.25, -0.2) is 4.79 Å². The van der Waals surface area contributed by atoms with E-state index in [1.807, 2.05) is 13.8 Å². The van der Waals surface area contributed by atoms with Crippen LogP contribution in [0.15, 0.2) is 11.6 Å². The molecule has 33 heavy (non-hydrogen) atoms. The van der Waals surface area contributed by atoms with Gasteiger partial charge in [-0.15, -0.1) is 0 Å². The quantitative estimate of drug-likeness (QED) is 0.340. The molecule has 4 rings (SSSR count). The second-order valence-corrected chi connectivity index (χ2v) is 10.8. The zero-order valence-corrected chi connectivity index (χ0v) is 22.4. The number of aliphatic carboxylic acids is 1. The molecule has 3 saturated carbocycles. The Morgan fingerprint density at radius 2 is 1.94 bits per heavy atom. The summed E-state index contributed by atoms with van der Waals surface area (Å²) < 4.78 is 10.7. The van der Waals surface area contributed by atoms with Crippen molar-refractivity contribution in [2.75, 3.05) is 6.61 Å². The average molecular weight is 471 g/mol. The van der Waals surface area contributed by atoms with E-state index >= 15 is 0 Å². The second-order valence-electron chi connectivity index (χ2n) is 10.8. The van der Waals surface area contributed by atoms with Gasteiger partial charge in [0.05, 0.1) is 18.7 Å². The van der Waals surface area contributed by atoms with Gasteiger partial charge in [0.25, 0.3) is 0 Å². The summed E-state index contributed by atoms with van der Waals surface area (Å²) in [6, 6.07) is 0. The molecule has 7 atom stereocenters. The fourth-order valence-electron chi connectivity index (χ4n) is 7.69. The number of rotatable bonds is 5. The van der Waals surface area contributed by atoms with Gasteiger partial charge in [-0.05, 0) is 74.2 Å². The molecule has 8 heteroatoms. The van der Waals surface area contributed by atoms with Gasteiger partial charge < -0.3 is 24.5 Å². The second kappa shape index (κ2) is 9.63. The summed E-state index contributed by atoms with van der Waals surface area (Å²) in [5.74, 6) is -1.22. The van der Waals surface area contributed by atoms with Crippen molar-refractivity contribution in [2.45, 2.75) is 90.3 Å². The zero-order chi connectivity index (χ0) is 23.3. The number of allylic oxidation sites excluding steroid dienone is 1. The van der Waals surface area contributed by atoms with Crippen molar-refractivity contribution in [3.05, 3.63) is 11.6 Å². The molecule has 0 amide bonds. The zero-order valence-electron chi connectivity index (χ0n) is 20.4. The van der Waals surface area contributed by atoms with Crippen LogP contribution in [0.25, 0.3) is 0 Å². The number of carboxylic acids is 1. The van der Waals surface area contributed by atoms with Crippen LogP contribution in [0.2, 0.25) is 0 Å². The van der Waals surface area contributed by atoms with Crippen molar-refractivity contribution in [1.82, 2.24) is 0 Å². The molecule has 0 aromatic carbocycles. The van der Waals surface area contributed by atoms with Crippen LogP contribution in [0.3, 0.4) is 0 Å². The average Bonchev–Trinajstić information content (AvgIpc) is 3.01. The molecule has 3 unspecified atom stereocenters. The van der Waals surface area contributed by atoms with Gasteiger partial charge in [-0.1, -0.05) is 32.8 Å². The molecule has 0 aromatic heterocycles. The van der Waals surface area contributed by atoms with E-state index in [1.165, 1.54) is 0 Å². The third-order valence-corrected chi connectivity index (χ3v) is 9.32. The van der Waals surface area contributed by atoms with Crippen molar-refractivity contribution >= 4 is 17.9 Å². The van der Waals surface area contributed by atoms with E-state index in [0.29, 0.717) is 25.7 Å². The van der Waals surface area contributed by atoms with Crippen molar-refractivity contribution in [3.8, 4) is 0 Å². The fraction of sp³-hybridized carbons (Fsp3) is 0.800. The summed E-state index contributed by atoms with van der Waals surface area (Å²) in [5.41, 5.74) is -1.90. The number of ketones is 1. The standard InChI is InChI=1S/C25H36O7.Na/c1-4-5-12-31-22(30)32-25(21(28)29)11-9-18-17-7-6-15-13-16(26)8-10-23(15,2)20(17)19(27)14-24(18,25)3;/h13,17-20,27H,4-12,14H2,1-3H3,(H,28,29);/q;+1/p-1/t17?,18?,19-,20?,23-,24-,25-;/m0./s1. The van der Waals surface area contributed by atoms with E-state index in [2.05, 4.69) is 6.92 Å². The summed E-state index contributed by atoms with van der Waals surface area (Å²) >= 11 is 0. The fourth-order valence-corrected chi connectivity index (χ4v) is 7.69. The number of ether oxygens (including phenoxy) is 2. The smallest absolute Gasteiger partial charge is 0.546 e. The van der Waals surface area contributed by atoms with E-state index in [-0.39, 0.29) is 78.0 Å². The molecule has 0 saturated heterocycles. The Kier molecular flexibility index (Phi) is 7.80. The van der Waals surface area contributed by atoms with Gasteiger partial charge in [0.2, 0.25) is 0 Å². The first-order chi connectivity index (χ1) is 15.1. The van der Waals surface area contributed by atoms with Crippen molar-refractivity contribution in [1.29, 1.82) is 0 Å². The van der Waals surface area contributed by atoms with Gasteiger partial charge in [-0.2, -0.15) is 0 Å². The Bertz CT molecular complexity index is 841. The number of aliphatic hydroxyl groups is 1. The maximum atomic E-state index is 12.5. The number of hydrogen-bond donors (Lipinski definition) is 1. The van der Waals surface area contributed by atoms with Crippen molar-refractivity contribution in [2.24, 2.45) is 28.6 Å². The van der Waals surface area contributed by atoms with Crippen LogP contribution in [0.4, 0.5) is 4.79 Å². The number of hydrogen-bond acceptors (Lipinski definition) is 7. The van der Waals surface area contributed by atoms with Gasteiger partial charge in [0.15, 0.2) is 11.4 Å². The van der Waals surface area contributed by atoms with Crippen LogP contribution in [0, 0.1) is 28.6 Å². The van der Waals surface area contributed by atoms with E-state index in [1.54, 1.807) is 6.08 Å². The summed E-state index contributed by atoms with van der Waals surface area (Å²) in [6.45, 7) is 6.12. The van der Waals surface area contributed by atoms with Gasteiger partial charge in [0, 0.05) is 11.8 Å². The minimum absolute atomic E-state index is 0. The van der Waals surface area contributed by atoms with Crippen LogP contribution in [-0.4, -0.2) is 41.3 Å². The Labute approximate surface area is 217 Å². The third kappa shape index (κ3) is 4.11. The molecule has 0 aliphatic heterocycles. The number of carbonyl (C=O) groups excluding carboxylic acids is 3. The van der Waals surface area contributed by atoms with Crippen LogP contribution < -0.4 is 34.7 Å². The predicted molar refractivity (Wildman–Crippen MR) is 113 cm³/mol. The molecule has 0 bridgehead atoms. The van der Waals surface area contributed by atoms with Crippen LogP contribution >= 0.6 is 0 Å². The molecule has 178 valence electrons. The third-order valence-electron chi connectivity index (χ3n) is 9.32. The van der Waals surface area contributed by atoms with E-state index in [0.717, 1.165) is 24.8 Å². The SMILES string of the molecule is CCCCOC(=O)O[C@]1(C(=O)[O-])CCC2C3CCC4=CC(=O)CC[C@]4(C)C3[C@@H](O)C[C@@]21C.[Na+]. The minimum Gasteiger partial charge on any atom is -0.546 e. The molecule has 3 fully saturated rings. The Morgan fingerprint density at radius 3 is 2.61 bits per heavy atom.